The van der Waals surface area contributed by atoms with E-state index in [2.05, 4.69) is 5.32 Å². The lowest BCUT2D eigenvalue weighted by molar-refractivity contribution is 0.103. The van der Waals surface area contributed by atoms with Crippen molar-refractivity contribution >= 4 is 6.09 Å². The number of hydrogen-bond donors (Lipinski definition) is 2. The van der Waals surface area contributed by atoms with Crippen LogP contribution in [-0.2, 0) is 4.74 Å². The Balaban J connectivity index is 2.01. The second-order valence-electron chi connectivity index (χ2n) is 4.31. The predicted octanol–water partition coefficient (Wildman–Crippen LogP) is 1.24. The summed E-state index contributed by atoms with van der Waals surface area (Å²) in [5.74, 6) is 1.09. The number of aliphatic hydroxyl groups excluding tert-OH is 1. The summed E-state index contributed by atoms with van der Waals surface area (Å²) in [6.07, 6.45) is -1.29. The zero-order chi connectivity index (χ0) is 13.8. The van der Waals surface area contributed by atoms with E-state index in [-0.39, 0.29) is 12.7 Å². The number of ether oxygens (including phenoxy) is 3. The molecule has 0 bridgehead atoms. The van der Waals surface area contributed by atoms with Gasteiger partial charge >= 0.3 is 6.09 Å². The first kappa shape index (κ1) is 13.5. The van der Waals surface area contributed by atoms with Crippen molar-refractivity contribution in [1.82, 2.24) is 5.32 Å². The maximum atomic E-state index is 10.9. The Bertz CT molecular complexity index is 460. The summed E-state index contributed by atoms with van der Waals surface area (Å²) in [4.78, 5) is 10.9. The molecule has 0 radical (unpaired) electrons. The highest BCUT2D eigenvalue weighted by Crippen LogP contribution is 2.30. The van der Waals surface area contributed by atoms with Crippen LogP contribution in [0.4, 0.5) is 4.79 Å². The average Bonchev–Trinajstić information content (AvgIpc) is 2.81. The summed E-state index contributed by atoms with van der Waals surface area (Å²) in [5.41, 5.74) is 0.748. The Morgan fingerprint density at radius 2 is 2.32 bits per heavy atom. The summed E-state index contributed by atoms with van der Waals surface area (Å²) in [7, 11) is 1.53. The van der Waals surface area contributed by atoms with Crippen LogP contribution in [-0.4, -0.2) is 37.6 Å². The van der Waals surface area contributed by atoms with Crippen LogP contribution in [0.15, 0.2) is 18.2 Å². The van der Waals surface area contributed by atoms with Gasteiger partial charge in [0.2, 0.25) is 0 Å². The molecule has 0 spiro atoms. The Kier molecular flexibility index (Phi) is 4.11. The highest BCUT2D eigenvalue weighted by Gasteiger charge is 2.23. The zero-order valence-corrected chi connectivity index (χ0v) is 10.9. The van der Waals surface area contributed by atoms with Crippen molar-refractivity contribution < 1.29 is 24.1 Å². The highest BCUT2D eigenvalue weighted by molar-refractivity contribution is 5.69. The van der Waals surface area contributed by atoms with E-state index in [0.717, 1.165) is 5.56 Å². The van der Waals surface area contributed by atoms with Gasteiger partial charge in [0.05, 0.1) is 19.8 Å². The largest absolute Gasteiger partial charge is 0.493 e. The van der Waals surface area contributed by atoms with Crippen molar-refractivity contribution in [3.05, 3.63) is 23.8 Å². The maximum Gasteiger partial charge on any atom is 0.407 e. The highest BCUT2D eigenvalue weighted by atomic mass is 16.6. The molecule has 2 atom stereocenters. The lowest BCUT2D eigenvalue weighted by Gasteiger charge is -2.14. The molecule has 1 aliphatic rings. The summed E-state index contributed by atoms with van der Waals surface area (Å²) in [5, 5.41) is 12.1. The van der Waals surface area contributed by atoms with E-state index in [4.69, 9.17) is 14.2 Å². The molecule has 104 valence electrons. The first-order valence-electron chi connectivity index (χ1n) is 6.03. The van der Waals surface area contributed by atoms with Gasteiger partial charge in [0.25, 0.3) is 0 Å². The topological polar surface area (TPSA) is 77.0 Å². The average molecular weight is 267 g/mol. The number of carbonyl (C=O) groups is 1. The van der Waals surface area contributed by atoms with Crippen molar-refractivity contribution in [2.45, 2.75) is 19.1 Å². The Hall–Kier alpha value is -1.95. The number of aliphatic hydroxyl groups is 1. The predicted molar refractivity (Wildman–Crippen MR) is 67.4 cm³/mol. The quantitative estimate of drug-likeness (QED) is 0.839. The van der Waals surface area contributed by atoms with Crippen LogP contribution in [0.25, 0.3) is 0 Å². The lowest BCUT2D eigenvalue weighted by Crippen LogP contribution is -2.22. The van der Waals surface area contributed by atoms with Gasteiger partial charge in [-0.3, -0.25) is 0 Å². The van der Waals surface area contributed by atoms with Gasteiger partial charge in [-0.2, -0.15) is 0 Å². The van der Waals surface area contributed by atoms with Crippen LogP contribution in [0.5, 0.6) is 11.5 Å². The molecule has 1 saturated heterocycles. The minimum Gasteiger partial charge on any atom is -0.493 e. The zero-order valence-electron chi connectivity index (χ0n) is 10.9. The van der Waals surface area contributed by atoms with Gasteiger partial charge in [0, 0.05) is 0 Å². The summed E-state index contributed by atoms with van der Waals surface area (Å²) < 4.78 is 15.7. The van der Waals surface area contributed by atoms with Gasteiger partial charge in [-0.05, 0) is 24.6 Å². The third-order valence-corrected chi connectivity index (χ3v) is 2.84. The van der Waals surface area contributed by atoms with E-state index < -0.39 is 12.2 Å². The molecule has 6 heteroatoms. The number of benzene rings is 1. The fourth-order valence-corrected chi connectivity index (χ4v) is 1.77. The number of methoxy groups -OCH3 is 1. The number of cyclic esters (lactones) is 1. The van der Waals surface area contributed by atoms with Crippen molar-refractivity contribution in [3.8, 4) is 11.5 Å². The van der Waals surface area contributed by atoms with Crippen molar-refractivity contribution in [3.63, 3.8) is 0 Å². The van der Waals surface area contributed by atoms with Crippen LogP contribution in [0.3, 0.4) is 0 Å². The molecule has 2 N–H and O–H groups in total. The molecule has 1 aromatic carbocycles. The molecule has 1 aromatic rings. The van der Waals surface area contributed by atoms with Crippen molar-refractivity contribution in [2.75, 3.05) is 20.3 Å². The third kappa shape index (κ3) is 3.29. The molecule has 1 heterocycles. The Morgan fingerprint density at radius 3 is 2.89 bits per heavy atom. The third-order valence-electron chi connectivity index (χ3n) is 2.84. The molecule has 2 rings (SSSR count). The minimum absolute atomic E-state index is 0.253. The van der Waals surface area contributed by atoms with Gasteiger partial charge in [-0.15, -0.1) is 0 Å². The van der Waals surface area contributed by atoms with Crippen LogP contribution in [0.1, 0.15) is 18.6 Å². The smallest absolute Gasteiger partial charge is 0.407 e. The van der Waals surface area contributed by atoms with Gasteiger partial charge in [0.15, 0.2) is 17.6 Å². The van der Waals surface area contributed by atoms with E-state index >= 15 is 0 Å². The molecular weight excluding hydrogens is 250 g/mol. The fraction of sp³-hybridized carbons (Fsp3) is 0.462. The first-order chi connectivity index (χ1) is 9.10. The molecule has 0 aliphatic carbocycles. The number of rotatable bonds is 5. The molecular formula is C13H17NO5. The number of hydrogen-bond acceptors (Lipinski definition) is 5. The monoisotopic (exact) mass is 267 g/mol. The first-order valence-corrected chi connectivity index (χ1v) is 6.03. The summed E-state index contributed by atoms with van der Waals surface area (Å²) in [6.45, 7) is 2.37. The van der Waals surface area contributed by atoms with E-state index in [9.17, 15) is 9.90 Å². The lowest BCUT2D eigenvalue weighted by atomic mass is 10.1. The molecule has 1 fully saturated rings. The number of nitrogens with one attached hydrogen (secondary N) is 1. The van der Waals surface area contributed by atoms with Crippen molar-refractivity contribution in [2.24, 2.45) is 0 Å². The van der Waals surface area contributed by atoms with E-state index in [1.807, 2.05) is 0 Å². The van der Waals surface area contributed by atoms with Gasteiger partial charge in [0.1, 0.15) is 6.61 Å². The molecule has 1 unspecified atom stereocenters. The fourth-order valence-electron chi connectivity index (χ4n) is 1.77. The molecule has 19 heavy (non-hydrogen) atoms. The van der Waals surface area contributed by atoms with Crippen LogP contribution in [0.2, 0.25) is 0 Å². The Labute approximate surface area is 111 Å². The Morgan fingerprint density at radius 1 is 1.53 bits per heavy atom. The van der Waals surface area contributed by atoms with Crippen LogP contribution >= 0.6 is 0 Å². The van der Waals surface area contributed by atoms with Crippen LogP contribution < -0.4 is 14.8 Å². The van der Waals surface area contributed by atoms with E-state index in [1.165, 1.54) is 7.11 Å². The summed E-state index contributed by atoms with van der Waals surface area (Å²) >= 11 is 0. The standard InChI is InChI=1S/C13H17NO5/c1-8(15)9-3-4-11(12(5-9)17-2)18-7-10-6-14-13(16)19-10/h3-5,8,10,15H,6-7H2,1-2H3,(H,14,16)/t8-,10?/m0/s1. The second kappa shape index (κ2) is 5.79. The molecule has 6 nitrogen and oxygen atoms in total. The molecule has 0 saturated carbocycles. The minimum atomic E-state index is -0.567. The van der Waals surface area contributed by atoms with Crippen molar-refractivity contribution in [1.29, 1.82) is 0 Å². The number of amides is 1. The molecule has 0 aromatic heterocycles. The normalized spacial score (nSPS) is 19.5. The number of carbonyl (C=O) groups excluding carboxylic acids is 1. The van der Waals surface area contributed by atoms with Gasteiger partial charge < -0.3 is 24.6 Å². The summed E-state index contributed by atoms with van der Waals surface area (Å²) in [6, 6.07) is 5.21. The maximum absolute atomic E-state index is 10.9. The SMILES string of the molecule is COc1cc([C@H](C)O)ccc1OCC1CNC(=O)O1. The van der Waals surface area contributed by atoms with Crippen LogP contribution in [0, 0.1) is 0 Å². The van der Waals surface area contributed by atoms with Gasteiger partial charge in [-0.1, -0.05) is 6.07 Å². The van der Waals surface area contributed by atoms with E-state index in [1.54, 1.807) is 25.1 Å². The number of alkyl carbamates (subject to hydrolysis) is 1. The second-order valence-corrected chi connectivity index (χ2v) is 4.31. The molecule has 1 amide bonds. The molecule has 1 aliphatic heterocycles. The van der Waals surface area contributed by atoms with Gasteiger partial charge in [-0.25, -0.2) is 4.79 Å². The van der Waals surface area contributed by atoms with E-state index in [0.29, 0.717) is 18.0 Å².